The van der Waals surface area contributed by atoms with E-state index in [0.29, 0.717) is 6.54 Å². The van der Waals surface area contributed by atoms with Crippen molar-refractivity contribution in [1.29, 1.82) is 0 Å². The number of hydrogen-bond acceptors (Lipinski definition) is 3. The molecule has 0 radical (unpaired) electrons. The molecule has 17 heavy (non-hydrogen) atoms. The second-order valence-corrected chi connectivity index (χ2v) is 4.57. The van der Waals surface area contributed by atoms with Gasteiger partial charge in [-0.05, 0) is 6.42 Å². The van der Waals surface area contributed by atoms with Gasteiger partial charge in [0.05, 0.1) is 0 Å². The number of unbranched alkanes of at least 4 members (excludes halogenated alkanes) is 7. The lowest BCUT2D eigenvalue weighted by Crippen LogP contribution is -2.29. The summed E-state index contributed by atoms with van der Waals surface area (Å²) in [6, 6.07) is 0. The number of rotatable bonds is 9. The number of ether oxygens (including phenoxy) is 1. The molecule has 1 aliphatic rings. The molecule has 2 amide bonds. The number of amides is 2. The van der Waals surface area contributed by atoms with Crippen LogP contribution in [-0.2, 0) is 9.53 Å². The molecule has 0 aromatic carbocycles. The summed E-state index contributed by atoms with van der Waals surface area (Å²) in [7, 11) is 0. The largest absolute Gasteiger partial charge is 0.439 e. The standard InChI is InChI=1S/C13H23NO3/c1-2-3-4-5-6-7-8-9-10-14-12(15)11-17-13(14)16/h2-11H2,1H3. The summed E-state index contributed by atoms with van der Waals surface area (Å²) in [4.78, 5) is 23.5. The van der Waals surface area contributed by atoms with E-state index >= 15 is 0 Å². The van der Waals surface area contributed by atoms with Gasteiger partial charge in [-0.3, -0.25) is 4.79 Å². The molecule has 0 N–H and O–H groups in total. The molecule has 98 valence electrons. The first-order valence-corrected chi connectivity index (χ1v) is 6.73. The molecule has 0 unspecified atom stereocenters. The van der Waals surface area contributed by atoms with Crippen molar-refractivity contribution in [2.75, 3.05) is 13.2 Å². The minimum atomic E-state index is -0.474. The number of imide groups is 1. The fourth-order valence-electron chi connectivity index (χ4n) is 2.00. The third-order valence-corrected chi connectivity index (χ3v) is 3.08. The third-order valence-electron chi connectivity index (χ3n) is 3.08. The Kier molecular flexibility index (Phi) is 6.67. The zero-order valence-electron chi connectivity index (χ0n) is 10.7. The monoisotopic (exact) mass is 241 g/mol. The van der Waals surface area contributed by atoms with E-state index in [0.717, 1.165) is 12.8 Å². The highest BCUT2D eigenvalue weighted by Crippen LogP contribution is 2.11. The Morgan fingerprint density at radius 3 is 2.12 bits per heavy atom. The minimum absolute atomic E-state index is 0.0736. The summed E-state index contributed by atoms with van der Waals surface area (Å²) >= 11 is 0. The van der Waals surface area contributed by atoms with Crippen LogP contribution in [0.3, 0.4) is 0 Å². The maximum atomic E-state index is 11.2. The van der Waals surface area contributed by atoms with Gasteiger partial charge in [-0.2, -0.15) is 0 Å². The average molecular weight is 241 g/mol. The van der Waals surface area contributed by atoms with Gasteiger partial charge in [0, 0.05) is 6.54 Å². The van der Waals surface area contributed by atoms with E-state index in [1.165, 1.54) is 43.4 Å². The van der Waals surface area contributed by atoms with Crippen LogP contribution in [0, 0.1) is 0 Å². The van der Waals surface area contributed by atoms with E-state index in [1.54, 1.807) is 0 Å². The summed E-state index contributed by atoms with van der Waals surface area (Å²) in [6.07, 6.45) is 9.20. The minimum Gasteiger partial charge on any atom is -0.439 e. The second kappa shape index (κ2) is 8.09. The van der Waals surface area contributed by atoms with Crippen molar-refractivity contribution in [2.24, 2.45) is 0 Å². The van der Waals surface area contributed by atoms with Crippen LogP contribution in [0.25, 0.3) is 0 Å². The molecule has 0 atom stereocenters. The molecule has 1 fully saturated rings. The van der Waals surface area contributed by atoms with E-state index in [-0.39, 0.29) is 12.5 Å². The lowest BCUT2D eigenvalue weighted by molar-refractivity contribution is -0.125. The predicted molar refractivity (Wildman–Crippen MR) is 65.7 cm³/mol. The van der Waals surface area contributed by atoms with Gasteiger partial charge in [0.25, 0.3) is 5.91 Å². The Morgan fingerprint density at radius 2 is 1.59 bits per heavy atom. The number of hydrogen-bond donors (Lipinski definition) is 0. The second-order valence-electron chi connectivity index (χ2n) is 4.57. The van der Waals surface area contributed by atoms with E-state index in [2.05, 4.69) is 11.7 Å². The fourth-order valence-corrected chi connectivity index (χ4v) is 2.00. The molecular weight excluding hydrogens is 218 g/mol. The van der Waals surface area contributed by atoms with E-state index in [4.69, 9.17) is 0 Å². The average Bonchev–Trinajstić information content (AvgIpc) is 2.63. The fraction of sp³-hybridized carbons (Fsp3) is 0.846. The molecule has 1 aliphatic heterocycles. The highest BCUT2D eigenvalue weighted by molar-refractivity contribution is 5.97. The third kappa shape index (κ3) is 5.20. The molecule has 4 nitrogen and oxygen atoms in total. The number of carbonyl (C=O) groups excluding carboxylic acids is 2. The molecule has 0 aromatic heterocycles. The first kappa shape index (κ1) is 14.0. The van der Waals surface area contributed by atoms with Crippen molar-refractivity contribution in [3.05, 3.63) is 0 Å². The molecule has 1 heterocycles. The van der Waals surface area contributed by atoms with Gasteiger partial charge in [0.2, 0.25) is 0 Å². The Labute approximate surface area is 103 Å². The van der Waals surface area contributed by atoms with Crippen molar-refractivity contribution in [1.82, 2.24) is 4.90 Å². The number of nitrogens with zero attached hydrogens (tertiary/aromatic N) is 1. The van der Waals surface area contributed by atoms with E-state index in [1.807, 2.05) is 0 Å². The summed E-state index contributed by atoms with van der Waals surface area (Å²) in [5, 5.41) is 0. The molecule has 0 bridgehead atoms. The molecule has 1 rings (SSSR count). The zero-order chi connectivity index (χ0) is 12.5. The van der Waals surface area contributed by atoms with Crippen molar-refractivity contribution in [3.63, 3.8) is 0 Å². The van der Waals surface area contributed by atoms with Crippen molar-refractivity contribution < 1.29 is 14.3 Å². The van der Waals surface area contributed by atoms with Crippen LogP contribution in [0.15, 0.2) is 0 Å². The van der Waals surface area contributed by atoms with Crippen molar-refractivity contribution >= 4 is 12.0 Å². The molecule has 0 spiro atoms. The maximum absolute atomic E-state index is 11.2. The molecule has 4 heteroatoms. The Morgan fingerprint density at radius 1 is 1.00 bits per heavy atom. The number of carbonyl (C=O) groups is 2. The van der Waals surface area contributed by atoms with Crippen LogP contribution in [0.1, 0.15) is 58.3 Å². The maximum Gasteiger partial charge on any atom is 0.417 e. The van der Waals surface area contributed by atoms with Gasteiger partial charge in [-0.25, -0.2) is 9.69 Å². The van der Waals surface area contributed by atoms with E-state index < -0.39 is 6.09 Å². The molecule has 0 saturated carbocycles. The van der Waals surface area contributed by atoms with Gasteiger partial charge in [-0.15, -0.1) is 0 Å². The van der Waals surface area contributed by atoms with Crippen LogP contribution >= 0.6 is 0 Å². The zero-order valence-corrected chi connectivity index (χ0v) is 10.7. The smallest absolute Gasteiger partial charge is 0.417 e. The Bertz CT molecular complexity index is 237. The van der Waals surface area contributed by atoms with E-state index in [9.17, 15) is 9.59 Å². The number of cyclic esters (lactones) is 1. The van der Waals surface area contributed by atoms with Crippen LogP contribution in [0.2, 0.25) is 0 Å². The van der Waals surface area contributed by atoms with Gasteiger partial charge >= 0.3 is 6.09 Å². The van der Waals surface area contributed by atoms with Crippen LogP contribution in [-0.4, -0.2) is 30.1 Å². The summed E-state index contributed by atoms with van der Waals surface area (Å²) in [5.74, 6) is -0.196. The van der Waals surface area contributed by atoms with Crippen LogP contribution < -0.4 is 0 Å². The van der Waals surface area contributed by atoms with Crippen molar-refractivity contribution in [2.45, 2.75) is 58.3 Å². The lowest BCUT2D eigenvalue weighted by atomic mass is 10.1. The lowest BCUT2D eigenvalue weighted by Gasteiger charge is -2.09. The highest BCUT2D eigenvalue weighted by Gasteiger charge is 2.29. The Balaban J connectivity index is 1.93. The quantitative estimate of drug-likeness (QED) is 0.583. The normalized spacial score (nSPS) is 15.5. The predicted octanol–water partition coefficient (Wildman–Crippen LogP) is 3.11. The van der Waals surface area contributed by atoms with Gasteiger partial charge in [0.1, 0.15) is 0 Å². The molecule has 1 saturated heterocycles. The summed E-state index contributed by atoms with van der Waals surface area (Å²) in [6.45, 7) is 2.66. The van der Waals surface area contributed by atoms with Gasteiger partial charge in [0.15, 0.2) is 6.61 Å². The summed E-state index contributed by atoms with van der Waals surface area (Å²) < 4.78 is 4.64. The Hall–Kier alpha value is -1.06. The first-order chi connectivity index (χ1) is 8.25. The van der Waals surface area contributed by atoms with Gasteiger partial charge in [-0.1, -0.05) is 51.9 Å². The van der Waals surface area contributed by atoms with Crippen molar-refractivity contribution in [3.8, 4) is 0 Å². The molecule has 0 aliphatic carbocycles. The first-order valence-electron chi connectivity index (χ1n) is 6.73. The molecular formula is C13H23NO3. The topological polar surface area (TPSA) is 46.6 Å². The van der Waals surface area contributed by atoms with Gasteiger partial charge < -0.3 is 4.74 Å². The van der Waals surface area contributed by atoms with Crippen LogP contribution in [0.4, 0.5) is 4.79 Å². The van der Waals surface area contributed by atoms with Crippen LogP contribution in [0.5, 0.6) is 0 Å². The summed E-state index contributed by atoms with van der Waals surface area (Å²) in [5.41, 5.74) is 0. The highest BCUT2D eigenvalue weighted by atomic mass is 16.6. The molecule has 0 aromatic rings. The SMILES string of the molecule is CCCCCCCCCCN1C(=O)COC1=O.